The largest absolute Gasteiger partial charge is 0.494 e. The summed E-state index contributed by atoms with van der Waals surface area (Å²) in [5, 5.41) is 2.72. The lowest BCUT2D eigenvalue weighted by Gasteiger charge is -2.09. The molecule has 1 amide bonds. The summed E-state index contributed by atoms with van der Waals surface area (Å²) in [5.41, 5.74) is 6.89. The van der Waals surface area contributed by atoms with Crippen molar-refractivity contribution >= 4 is 17.3 Å². The molecule has 2 rings (SSSR count). The van der Waals surface area contributed by atoms with Crippen LogP contribution in [0.2, 0.25) is 0 Å². The van der Waals surface area contributed by atoms with Crippen LogP contribution < -0.4 is 20.5 Å². The van der Waals surface area contributed by atoms with Gasteiger partial charge in [0.2, 0.25) is 0 Å². The van der Waals surface area contributed by atoms with Gasteiger partial charge in [-0.05, 0) is 37.3 Å². The Morgan fingerprint density at radius 2 is 1.81 bits per heavy atom. The standard InChI is InChI=1S/C16H18N2O3/c1-2-20-14-7-4-8-15(10-14)21-11-16(19)18-13-6-3-5-12(17)9-13/h3-10H,2,11,17H2,1H3,(H,18,19). The first kappa shape index (κ1) is 14.7. The first-order valence-electron chi connectivity index (χ1n) is 6.68. The zero-order valence-corrected chi connectivity index (χ0v) is 11.8. The summed E-state index contributed by atoms with van der Waals surface area (Å²) in [6.07, 6.45) is 0. The second-order valence-electron chi connectivity index (χ2n) is 4.37. The van der Waals surface area contributed by atoms with Crippen LogP contribution in [0.5, 0.6) is 11.5 Å². The van der Waals surface area contributed by atoms with Crippen molar-refractivity contribution in [2.24, 2.45) is 0 Å². The van der Waals surface area contributed by atoms with Gasteiger partial charge < -0.3 is 20.5 Å². The molecule has 0 spiro atoms. The molecule has 3 N–H and O–H groups in total. The quantitative estimate of drug-likeness (QED) is 0.801. The minimum absolute atomic E-state index is 0.0790. The maximum Gasteiger partial charge on any atom is 0.262 e. The number of carbonyl (C=O) groups excluding carboxylic acids is 1. The molecule has 0 aliphatic carbocycles. The van der Waals surface area contributed by atoms with Crippen LogP contribution in [0.15, 0.2) is 48.5 Å². The van der Waals surface area contributed by atoms with E-state index in [9.17, 15) is 4.79 Å². The monoisotopic (exact) mass is 286 g/mol. The molecule has 0 heterocycles. The van der Waals surface area contributed by atoms with Crippen molar-refractivity contribution in [2.75, 3.05) is 24.3 Å². The minimum Gasteiger partial charge on any atom is -0.494 e. The molecule has 0 aliphatic heterocycles. The van der Waals surface area contributed by atoms with Crippen molar-refractivity contribution in [3.8, 4) is 11.5 Å². The second kappa shape index (κ2) is 7.19. The Hall–Kier alpha value is -2.69. The number of benzene rings is 2. The Balaban J connectivity index is 1.87. The highest BCUT2D eigenvalue weighted by Gasteiger charge is 2.04. The Bertz CT molecular complexity index is 614. The molecular formula is C16H18N2O3. The molecule has 0 aliphatic rings. The zero-order valence-electron chi connectivity index (χ0n) is 11.8. The van der Waals surface area contributed by atoms with Crippen LogP contribution in [0.3, 0.4) is 0 Å². The maximum absolute atomic E-state index is 11.8. The predicted octanol–water partition coefficient (Wildman–Crippen LogP) is 2.68. The molecule has 0 aromatic heterocycles. The van der Waals surface area contributed by atoms with Crippen LogP contribution >= 0.6 is 0 Å². The average molecular weight is 286 g/mol. The number of amides is 1. The van der Waals surface area contributed by atoms with Crippen molar-refractivity contribution < 1.29 is 14.3 Å². The van der Waals surface area contributed by atoms with Crippen LogP contribution in [-0.4, -0.2) is 19.1 Å². The van der Waals surface area contributed by atoms with Gasteiger partial charge in [-0.3, -0.25) is 4.79 Å². The van der Waals surface area contributed by atoms with Crippen LogP contribution in [0.1, 0.15) is 6.92 Å². The fourth-order valence-corrected chi connectivity index (χ4v) is 1.78. The van der Waals surface area contributed by atoms with Gasteiger partial charge in [-0.2, -0.15) is 0 Å². The van der Waals surface area contributed by atoms with E-state index in [1.54, 1.807) is 36.4 Å². The lowest BCUT2D eigenvalue weighted by molar-refractivity contribution is -0.118. The fourth-order valence-electron chi connectivity index (χ4n) is 1.78. The normalized spacial score (nSPS) is 9.95. The number of nitrogens with two attached hydrogens (primary N) is 1. The lowest BCUT2D eigenvalue weighted by atomic mass is 10.3. The first-order chi connectivity index (χ1) is 10.2. The Morgan fingerprint density at radius 3 is 2.52 bits per heavy atom. The molecule has 21 heavy (non-hydrogen) atoms. The Kier molecular flexibility index (Phi) is 5.04. The molecular weight excluding hydrogens is 268 g/mol. The van der Waals surface area contributed by atoms with E-state index in [0.29, 0.717) is 29.5 Å². The van der Waals surface area contributed by atoms with E-state index in [0.717, 1.165) is 0 Å². The Labute approximate surface area is 123 Å². The van der Waals surface area contributed by atoms with E-state index in [4.69, 9.17) is 15.2 Å². The summed E-state index contributed by atoms with van der Waals surface area (Å²) in [4.78, 5) is 11.8. The Morgan fingerprint density at radius 1 is 1.10 bits per heavy atom. The molecule has 0 saturated carbocycles. The number of carbonyl (C=O) groups is 1. The van der Waals surface area contributed by atoms with Crippen molar-refractivity contribution in [1.82, 2.24) is 0 Å². The van der Waals surface area contributed by atoms with E-state index in [2.05, 4.69) is 5.32 Å². The van der Waals surface area contributed by atoms with E-state index in [1.165, 1.54) is 0 Å². The van der Waals surface area contributed by atoms with Gasteiger partial charge in [0.05, 0.1) is 6.61 Å². The van der Waals surface area contributed by atoms with Crippen molar-refractivity contribution in [3.63, 3.8) is 0 Å². The van der Waals surface area contributed by atoms with Gasteiger partial charge in [-0.1, -0.05) is 12.1 Å². The van der Waals surface area contributed by atoms with E-state index >= 15 is 0 Å². The summed E-state index contributed by atoms with van der Waals surface area (Å²) in [5.74, 6) is 1.05. The van der Waals surface area contributed by atoms with Gasteiger partial charge in [-0.15, -0.1) is 0 Å². The minimum atomic E-state index is -0.248. The van der Waals surface area contributed by atoms with Gasteiger partial charge in [0.15, 0.2) is 6.61 Å². The molecule has 110 valence electrons. The molecule has 0 fully saturated rings. The summed E-state index contributed by atoms with van der Waals surface area (Å²) < 4.78 is 10.8. The van der Waals surface area contributed by atoms with Crippen LogP contribution in [0, 0.1) is 0 Å². The third-order valence-corrected chi connectivity index (χ3v) is 2.66. The predicted molar refractivity (Wildman–Crippen MR) is 82.6 cm³/mol. The molecule has 0 radical (unpaired) electrons. The summed E-state index contributed by atoms with van der Waals surface area (Å²) in [7, 11) is 0. The van der Waals surface area contributed by atoms with Crippen LogP contribution in [0.4, 0.5) is 11.4 Å². The molecule has 5 nitrogen and oxygen atoms in total. The fraction of sp³-hybridized carbons (Fsp3) is 0.188. The summed E-state index contributed by atoms with van der Waals surface area (Å²) in [6, 6.07) is 14.2. The zero-order chi connectivity index (χ0) is 15.1. The molecule has 5 heteroatoms. The third kappa shape index (κ3) is 4.72. The number of nitrogens with one attached hydrogen (secondary N) is 1. The van der Waals surface area contributed by atoms with Gasteiger partial charge >= 0.3 is 0 Å². The molecule has 2 aromatic carbocycles. The molecule has 2 aromatic rings. The van der Waals surface area contributed by atoms with E-state index < -0.39 is 0 Å². The van der Waals surface area contributed by atoms with Crippen molar-refractivity contribution in [1.29, 1.82) is 0 Å². The first-order valence-corrected chi connectivity index (χ1v) is 6.68. The topological polar surface area (TPSA) is 73.6 Å². The third-order valence-electron chi connectivity index (χ3n) is 2.66. The number of anilines is 2. The highest BCUT2D eigenvalue weighted by molar-refractivity contribution is 5.92. The van der Waals surface area contributed by atoms with Crippen LogP contribution in [0.25, 0.3) is 0 Å². The highest BCUT2D eigenvalue weighted by atomic mass is 16.5. The number of hydrogen-bond acceptors (Lipinski definition) is 4. The van der Waals surface area contributed by atoms with Gasteiger partial charge in [-0.25, -0.2) is 0 Å². The van der Waals surface area contributed by atoms with Gasteiger partial charge in [0.1, 0.15) is 11.5 Å². The van der Waals surface area contributed by atoms with E-state index in [-0.39, 0.29) is 12.5 Å². The second-order valence-corrected chi connectivity index (χ2v) is 4.37. The lowest BCUT2D eigenvalue weighted by Crippen LogP contribution is -2.20. The SMILES string of the molecule is CCOc1cccc(OCC(=O)Nc2cccc(N)c2)c1. The molecule has 0 atom stereocenters. The number of hydrogen-bond donors (Lipinski definition) is 2. The van der Waals surface area contributed by atoms with Gasteiger partial charge in [0, 0.05) is 17.4 Å². The number of nitrogen functional groups attached to an aromatic ring is 1. The highest BCUT2D eigenvalue weighted by Crippen LogP contribution is 2.19. The molecule has 0 saturated heterocycles. The summed E-state index contributed by atoms with van der Waals surface area (Å²) in [6.45, 7) is 2.41. The number of ether oxygens (including phenoxy) is 2. The average Bonchev–Trinajstić information content (AvgIpc) is 2.46. The molecule has 0 bridgehead atoms. The molecule has 0 unspecified atom stereocenters. The summed E-state index contributed by atoms with van der Waals surface area (Å²) >= 11 is 0. The van der Waals surface area contributed by atoms with Crippen molar-refractivity contribution in [3.05, 3.63) is 48.5 Å². The number of rotatable bonds is 6. The van der Waals surface area contributed by atoms with E-state index in [1.807, 2.05) is 19.1 Å². The van der Waals surface area contributed by atoms with Crippen molar-refractivity contribution in [2.45, 2.75) is 6.92 Å². The smallest absolute Gasteiger partial charge is 0.262 e. The maximum atomic E-state index is 11.8. The van der Waals surface area contributed by atoms with Crippen LogP contribution in [-0.2, 0) is 4.79 Å². The van der Waals surface area contributed by atoms with Gasteiger partial charge in [0.25, 0.3) is 5.91 Å².